The normalized spacial score (nSPS) is 37.6. The maximum Gasteiger partial charge on any atom is 0.125 e. The van der Waals surface area contributed by atoms with Gasteiger partial charge < -0.3 is 15.8 Å². The molecule has 0 saturated heterocycles. The molecule has 0 amide bonds. The lowest BCUT2D eigenvalue weighted by atomic mass is 9.73. The highest BCUT2D eigenvalue weighted by Gasteiger charge is 2.35. The van der Waals surface area contributed by atoms with Gasteiger partial charge in [-0.25, -0.2) is 0 Å². The summed E-state index contributed by atoms with van der Waals surface area (Å²) in [5.41, 5.74) is 6.74. The molecule has 0 spiro atoms. The fourth-order valence-corrected chi connectivity index (χ4v) is 2.08. The lowest BCUT2D eigenvalue weighted by molar-refractivity contribution is -0.117. The van der Waals surface area contributed by atoms with Gasteiger partial charge in [0.15, 0.2) is 0 Å². The molecule has 0 radical (unpaired) electrons. The zero-order valence-electron chi connectivity index (χ0n) is 9.05. The average molecular weight is 196 g/mol. The van der Waals surface area contributed by atoms with Crippen LogP contribution >= 0.6 is 0 Å². The third kappa shape index (κ3) is 2.58. The summed E-state index contributed by atoms with van der Waals surface area (Å²) in [5.74, 6) is 0. The van der Waals surface area contributed by atoms with E-state index >= 15 is 0 Å². The Bertz CT molecular complexity index is 239. The Morgan fingerprint density at radius 3 is 2.79 bits per heavy atom. The van der Waals surface area contributed by atoms with Crippen molar-refractivity contribution in [2.24, 2.45) is 11.1 Å². The maximum absolute atomic E-state index is 10.9. The molecule has 0 heterocycles. The fraction of sp³-hybridized carbons (Fsp3) is 0.727. The summed E-state index contributed by atoms with van der Waals surface area (Å²) in [6.07, 6.45) is 3.67. The van der Waals surface area contributed by atoms with Crippen molar-refractivity contribution in [1.29, 1.82) is 0 Å². The molecule has 3 nitrogen and oxygen atoms in total. The zero-order valence-corrected chi connectivity index (χ0v) is 9.05. The molecule has 80 valence electrons. The van der Waals surface area contributed by atoms with Gasteiger partial charge in [-0.1, -0.05) is 13.5 Å². The van der Waals surface area contributed by atoms with E-state index in [2.05, 4.69) is 11.9 Å². The molecule has 0 bridgehead atoms. The molecule has 1 aliphatic rings. The molecule has 0 aromatic rings. The van der Waals surface area contributed by atoms with E-state index in [0.29, 0.717) is 0 Å². The van der Waals surface area contributed by atoms with E-state index in [1.165, 1.54) is 0 Å². The molecule has 0 aromatic heterocycles. The van der Waals surface area contributed by atoms with Crippen LogP contribution in [-0.4, -0.2) is 18.4 Å². The van der Waals surface area contributed by atoms with Crippen LogP contribution in [0.3, 0.4) is 0 Å². The molecular formula is C11H20N2O. The molecule has 1 aliphatic carbocycles. The first kappa shape index (κ1) is 11.2. The van der Waals surface area contributed by atoms with Crippen LogP contribution in [-0.2, 0) is 4.79 Å². The first-order chi connectivity index (χ1) is 6.47. The van der Waals surface area contributed by atoms with E-state index in [4.69, 9.17) is 5.73 Å². The molecule has 3 atom stereocenters. The van der Waals surface area contributed by atoms with Crippen LogP contribution in [0.4, 0.5) is 0 Å². The summed E-state index contributed by atoms with van der Waals surface area (Å²) < 4.78 is 0. The largest absolute Gasteiger partial charge is 0.385 e. The fourth-order valence-electron chi connectivity index (χ4n) is 2.08. The number of nitrogens with two attached hydrogens (primary N) is 1. The Balaban J connectivity index is 2.55. The van der Waals surface area contributed by atoms with Gasteiger partial charge in [-0.3, -0.25) is 0 Å². The van der Waals surface area contributed by atoms with Crippen LogP contribution in [0.2, 0.25) is 0 Å². The average Bonchev–Trinajstić information content (AvgIpc) is 2.10. The summed E-state index contributed by atoms with van der Waals surface area (Å²) in [6.45, 7) is 7.72. The van der Waals surface area contributed by atoms with Gasteiger partial charge >= 0.3 is 0 Å². The van der Waals surface area contributed by atoms with E-state index in [1.54, 1.807) is 0 Å². The third-order valence-corrected chi connectivity index (χ3v) is 2.96. The van der Waals surface area contributed by atoms with Gasteiger partial charge in [-0.15, -0.1) is 0 Å². The minimum atomic E-state index is -0.216. The highest BCUT2D eigenvalue weighted by Crippen LogP contribution is 2.33. The second-order valence-corrected chi connectivity index (χ2v) is 4.71. The Morgan fingerprint density at radius 1 is 1.71 bits per heavy atom. The Labute approximate surface area is 85.7 Å². The van der Waals surface area contributed by atoms with Crippen molar-refractivity contribution < 1.29 is 4.79 Å². The van der Waals surface area contributed by atoms with Crippen molar-refractivity contribution in [1.82, 2.24) is 5.32 Å². The van der Waals surface area contributed by atoms with Crippen LogP contribution in [0, 0.1) is 5.41 Å². The first-order valence-electron chi connectivity index (χ1n) is 5.11. The second-order valence-electron chi connectivity index (χ2n) is 4.71. The van der Waals surface area contributed by atoms with E-state index in [-0.39, 0.29) is 17.5 Å². The van der Waals surface area contributed by atoms with Crippen molar-refractivity contribution >= 4 is 6.29 Å². The topological polar surface area (TPSA) is 55.1 Å². The molecule has 0 aliphatic heterocycles. The van der Waals surface area contributed by atoms with Crippen molar-refractivity contribution in [3.63, 3.8) is 0 Å². The molecule has 1 saturated carbocycles. The predicted octanol–water partition coefficient (Wildman–Crippen LogP) is 1.19. The number of hydrogen-bond donors (Lipinski definition) is 2. The van der Waals surface area contributed by atoms with Crippen molar-refractivity contribution in [3.8, 4) is 0 Å². The molecule has 14 heavy (non-hydrogen) atoms. The first-order valence-corrected chi connectivity index (χ1v) is 5.11. The highest BCUT2D eigenvalue weighted by molar-refractivity contribution is 5.59. The van der Waals surface area contributed by atoms with Gasteiger partial charge in [0.25, 0.3) is 0 Å². The van der Waals surface area contributed by atoms with Gasteiger partial charge in [0.05, 0.1) is 0 Å². The number of carbonyl (C=O) groups excluding carboxylic acids is 1. The van der Waals surface area contributed by atoms with Crippen molar-refractivity contribution in [2.75, 3.05) is 0 Å². The number of carbonyl (C=O) groups is 1. The third-order valence-electron chi connectivity index (χ3n) is 2.96. The van der Waals surface area contributed by atoms with E-state index in [9.17, 15) is 4.79 Å². The van der Waals surface area contributed by atoms with Crippen LogP contribution in [0.5, 0.6) is 0 Å². The molecule has 1 unspecified atom stereocenters. The van der Waals surface area contributed by atoms with Crippen LogP contribution < -0.4 is 11.1 Å². The lowest BCUT2D eigenvalue weighted by Gasteiger charge is -2.38. The summed E-state index contributed by atoms with van der Waals surface area (Å²) in [6, 6.07) is 0.330. The number of allylic oxidation sites excluding steroid dienone is 1. The van der Waals surface area contributed by atoms with Crippen molar-refractivity contribution in [2.45, 2.75) is 45.2 Å². The van der Waals surface area contributed by atoms with Crippen LogP contribution in [0.15, 0.2) is 12.3 Å². The standard InChI is InChI=1S/C11H20N2O/c1-8(2)13-10-4-5-11(3,7-14)6-9(10)12/h7,9-10,13H,1,4-6,12H2,2-3H3/t9-,10?,11-/m0/s1. The predicted molar refractivity (Wildman–Crippen MR) is 57.7 cm³/mol. The number of aldehydes is 1. The van der Waals surface area contributed by atoms with E-state index < -0.39 is 0 Å². The minimum absolute atomic E-state index is 0.0515. The monoisotopic (exact) mass is 196 g/mol. The zero-order chi connectivity index (χ0) is 10.8. The van der Waals surface area contributed by atoms with Gasteiger partial charge in [0, 0.05) is 23.2 Å². The Morgan fingerprint density at radius 2 is 2.36 bits per heavy atom. The molecule has 1 rings (SSSR count). The van der Waals surface area contributed by atoms with Gasteiger partial charge in [-0.2, -0.15) is 0 Å². The van der Waals surface area contributed by atoms with Crippen molar-refractivity contribution in [3.05, 3.63) is 12.3 Å². The van der Waals surface area contributed by atoms with Crippen LogP contribution in [0.1, 0.15) is 33.1 Å². The SMILES string of the molecule is C=C(C)NC1CC[C@](C)(C=O)C[C@@H]1N. The molecule has 0 aromatic carbocycles. The van der Waals surface area contributed by atoms with Gasteiger partial charge in [-0.05, 0) is 26.2 Å². The Hall–Kier alpha value is -0.830. The minimum Gasteiger partial charge on any atom is -0.385 e. The number of nitrogens with one attached hydrogen (secondary N) is 1. The molecule has 3 N–H and O–H groups in total. The summed E-state index contributed by atoms with van der Waals surface area (Å²) in [4.78, 5) is 10.9. The smallest absolute Gasteiger partial charge is 0.125 e. The van der Waals surface area contributed by atoms with E-state index in [0.717, 1.165) is 31.2 Å². The van der Waals surface area contributed by atoms with Gasteiger partial charge in [0.2, 0.25) is 0 Å². The molecular weight excluding hydrogens is 176 g/mol. The lowest BCUT2D eigenvalue weighted by Crippen LogP contribution is -2.51. The van der Waals surface area contributed by atoms with E-state index in [1.807, 2.05) is 13.8 Å². The number of rotatable bonds is 3. The van der Waals surface area contributed by atoms with Gasteiger partial charge in [0.1, 0.15) is 6.29 Å². The summed E-state index contributed by atoms with van der Waals surface area (Å²) >= 11 is 0. The Kier molecular flexibility index (Phi) is 3.32. The summed E-state index contributed by atoms with van der Waals surface area (Å²) in [7, 11) is 0. The summed E-state index contributed by atoms with van der Waals surface area (Å²) in [5, 5.41) is 3.26. The van der Waals surface area contributed by atoms with Crippen LogP contribution in [0.25, 0.3) is 0 Å². The second kappa shape index (κ2) is 4.13. The molecule has 1 fully saturated rings. The maximum atomic E-state index is 10.9. The highest BCUT2D eigenvalue weighted by atomic mass is 16.1. The number of hydrogen-bond acceptors (Lipinski definition) is 3. The quantitative estimate of drug-likeness (QED) is 0.667. The molecule has 3 heteroatoms.